The molecule has 23 heavy (non-hydrogen) atoms. The molecule has 2 aromatic rings. The highest BCUT2D eigenvalue weighted by Crippen LogP contribution is 2.58. The van der Waals surface area contributed by atoms with Crippen LogP contribution in [0.25, 0.3) is 0 Å². The van der Waals surface area contributed by atoms with Crippen LogP contribution < -0.4 is 0 Å². The van der Waals surface area contributed by atoms with Crippen LogP contribution in [0.15, 0.2) is 73.3 Å². The van der Waals surface area contributed by atoms with E-state index in [1.54, 1.807) is 0 Å². The monoisotopic (exact) mass is 304 g/mol. The van der Waals surface area contributed by atoms with E-state index in [-0.39, 0.29) is 23.2 Å². The Labute approximate surface area is 139 Å². The average molecular weight is 304 g/mol. The summed E-state index contributed by atoms with van der Waals surface area (Å²) in [7, 11) is 0. The first-order chi connectivity index (χ1) is 11.1. The lowest BCUT2D eigenvalue weighted by Crippen LogP contribution is -2.29. The molecule has 118 valence electrons. The van der Waals surface area contributed by atoms with Crippen molar-refractivity contribution in [1.82, 2.24) is 0 Å². The van der Waals surface area contributed by atoms with Crippen molar-refractivity contribution in [1.29, 1.82) is 0 Å². The van der Waals surface area contributed by atoms with Crippen LogP contribution in [-0.2, 0) is 4.79 Å². The van der Waals surface area contributed by atoms with Crippen molar-refractivity contribution in [3.63, 3.8) is 0 Å². The lowest BCUT2D eigenvalue weighted by atomic mass is 9.69. The van der Waals surface area contributed by atoms with Gasteiger partial charge >= 0.3 is 0 Å². The van der Waals surface area contributed by atoms with Crippen molar-refractivity contribution in [2.24, 2.45) is 11.3 Å². The molecule has 2 aromatic carbocycles. The Kier molecular flexibility index (Phi) is 4.21. The average Bonchev–Trinajstić information content (AvgIpc) is 2.78. The predicted octanol–water partition coefficient (Wildman–Crippen LogP) is 5.36. The molecular formula is C22H24O. The van der Waals surface area contributed by atoms with Crippen molar-refractivity contribution in [3.05, 3.63) is 84.4 Å². The van der Waals surface area contributed by atoms with Gasteiger partial charge in [0.05, 0.1) is 0 Å². The molecular weight excluding hydrogens is 280 g/mol. The Morgan fingerprint density at radius 1 is 1.00 bits per heavy atom. The lowest BCUT2D eigenvalue weighted by molar-refractivity contribution is -0.128. The van der Waals surface area contributed by atoms with E-state index < -0.39 is 0 Å². The first-order valence-electron chi connectivity index (χ1n) is 8.34. The van der Waals surface area contributed by atoms with E-state index in [9.17, 15) is 4.79 Å². The van der Waals surface area contributed by atoms with Crippen LogP contribution in [0.3, 0.4) is 0 Å². The predicted molar refractivity (Wildman–Crippen MR) is 95.5 cm³/mol. The van der Waals surface area contributed by atoms with Crippen molar-refractivity contribution in [3.8, 4) is 0 Å². The zero-order valence-corrected chi connectivity index (χ0v) is 13.9. The van der Waals surface area contributed by atoms with Gasteiger partial charge in [0.15, 0.2) is 0 Å². The molecule has 0 N–H and O–H groups in total. The number of rotatable bonds is 4. The summed E-state index contributed by atoms with van der Waals surface area (Å²) >= 11 is 0. The Morgan fingerprint density at radius 3 is 2.04 bits per heavy atom. The second kappa shape index (κ2) is 6.16. The van der Waals surface area contributed by atoms with Crippen molar-refractivity contribution in [2.75, 3.05) is 0 Å². The maximum atomic E-state index is 13.1. The number of carbonyl (C=O) groups is 1. The van der Waals surface area contributed by atoms with Gasteiger partial charge in [-0.2, -0.15) is 0 Å². The second-order valence-electron chi connectivity index (χ2n) is 6.89. The molecule has 0 radical (unpaired) electrons. The molecule has 0 amide bonds. The number of carbonyl (C=O) groups excluding carboxylic acids is 1. The quantitative estimate of drug-likeness (QED) is 0.695. The van der Waals surface area contributed by atoms with Crippen molar-refractivity contribution >= 4 is 5.78 Å². The maximum absolute atomic E-state index is 13.1. The van der Waals surface area contributed by atoms with E-state index in [0.29, 0.717) is 5.78 Å². The highest BCUT2D eigenvalue weighted by Gasteiger charge is 2.55. The van der Waals surface area contributed by atoms with Gasteiger partial charge in [-0.3, -0.25) is 4.79 Å². The first-order valence-corrected chi connectivity index (χ1v) is 8.34. The number of hydrogen-bond acceptors (Lipinski definition) is 1. The summed E-state index contributed by atoms with van der Waals surface area (Å²) in [5, 5.41) is 0. The van der Waals surface area contributed by atoms with Gasteiger partial charge in [0.2, 0.25) is 0 Å². The normalized spacial score (nSPS) is 30.3. The van der Waals surface area contributed by atoms with Crippen LogP contribution in [0.2, 0.25) is 0 Å². The molecule has 1 aliphatic rings. The summed E-state index contributed by atoms with van der Waals surface area (Å²) in [6.45, 7) is 8.11. The minimum Gasteiger partial charge on any atom is -0.299 e. The van der Waals surface area contributed by atoms with E-state index in [1.807, 2.05) is 18.2 Å². The molecule has 0 bridgehead atoms. The molecule has 1 fully saturated rings. The van der Waals surface area contributed by atoms with Gasteiger partial charge < -0.3 is 0 Å². The van der Waals surface area contributed by atoms with Crippen LogP contribution in [0.4, 0.5) is 0 Å². The van der Waals surface area contributed by atoms with E-state index in [2.05, 4.69) is 69.0 Å². The Morgan fingerprint density at radius 2 is 1.52 bits per heavy atom. The molecule has 1 nitrogen and oxygen atoms in total. The number of benzene rings is 2. The lowest BCUT2D eigenvalue weighted by Gasteiger charge is -2.33. The molecule has 0 unspecified atom stereocenters. The van der Waals surface area contributed by atoms with Crippen molar-refractivity contribution in [2.45, 2.75) is 32.1 Å². The van der Waals surface area contributed by atoms with Crippen LogP contribution in [0.5, 0.6) is 0 Å². The summed E-state index contributed by atoms with van der Waals surface area (Å²) in [4.78, 5) is 13.1. The summed E-state index contributed by atoms with van der Waals surface area (Å²) in [6, 6.07) is 21.0. The van der Waals surface area contributed by atoms with Gasteiger partial charge in [0, 0.05) is 23.2 Å². The molecule has 0 aliphatic heterocycles. The number of allylic oxidation sites excluding steroid dienone is 1. The standard InChI is InChI=1S/C22H24O/c1-4-15-22(3)20(18-13-9-6-10-14-18)19(16(2)21(22)23)17-11-7-5-8-12-17/h4-14,16,19-20H,1,15H2,2-3H3/t16-,19+,20+,22-/m0/s1. The molecule has 0 saturated heterocycles. The first kappa shape index (κ1) is 15.7. The highest BCUT2D eigenvalue weighted by molar-refractivity contribution is 5.92. The smallest absolute Gasteiger partial charge is 0.143 e. The second-order valence-corrected chi connectivity index (χ2v) is 6.89. The van der Waals surface area contributed by atoms with Crippen LogP contribution in [0, 0.1) is 11.3 Å². The van der Waals surface area contributed by atoms with E-state index in [1.165, 1.54) is 11.1 Å². The Bertz CT molecular complexity index is 688. The maximum Gasteiger partial charge on any atom is 0.143 e. The molecule has 0 spiro atoms. The zero-order chi connectivity index (χ0) is 16.4. The third-order valence-corrected chi connectivity index (χ3v) is 5.47. The fourth-order valence-corrected chi connectivity index (χ4v) is 4.44. The topological polar surface area (TPSA) is 17.1 Å². The van der Waals surface area contributed by atoms with Gasteiger partial charge in [-0.1, -0.05) is 80.6 Å². The number of ketones is 1. The minimum atomic E-state index is -0.386. The van der Waals surface area contributed by atoms with Crippen LogP contribution in [-0.4, -0.2) is 5.78 Å². The van der Waals surface area contributed by atoms with Gasteiger partial charge in [-0.25, -0.2) is 0 Å². The van der Waals surface area contributed by atoms with E-state index in [0.717, 1.165) is 6.42 Å². The van der Waals surface area contributed by atoms with Gasteiger partial charge in [0.1, 0.15) is 5.78 Å². The van der Waals surface area contributed by atoms with Gasteiger partial charge in [-0.15, -0.1) is 6.58 Å². The molecule has 1 heteroatoms. The molecule has 3 rings (SSSR count). The summed E-state index contributed by atoms with van der Waals surface area (Å²) < 4.78 is 0. The number of hydrogen-bond donors (Lipinski definition) is 0. The molecule has 1 saturated carbocycles. The van der Waals surface area contributed by atoms with E-state index in [4.69, 9.17) is 0 Å². The van der Waals surface area contributed by atoms with Crippen LogP contribution >= 0.6 is 0 Å². The summed E-state index contributed by atoms with van der Waals surface area (Å²) in [5.41, 5.74) is 2.13. The summed E-state index contributed by atoms with van der Waals surface area (Å²) in [5.74, 6) is 0.787. The highest BCUT2D eigenvalue weighted by atomic mass is 16.1. The zero-order valence-electron chi connectivity index (χ0n) is 13.9. The minimum absolute atomic E-state index is 0.0209. The summed E-state index contributed by atoms with van der Waals surface area (Å²) in [6.07, 6.45) is 2.62. The van der Waals surface area contributed by atoms with E-state index >= 15 is 0 Å². The Balaban J connectivity index is 2.17. The van der Waals surface area contributed by atoms with Gasteiger partial charge in [0.25, 0.3) is 0 Å². The molecule has 0 aromatic heterocycles. The fraction of sp³-hybridized carbons (Fsp3) is 0.318. The molecule has 1 aliphatic carbocycles. The molecule has 4 atom stereocenters. The number of Topliss-reactive ketones (excluding diaryl/α,β-unsaturated/α-hetero) is 1. The third kappa shape index (κ3) is 2.55. The third-order valence-electron chi connectivity index (χ3n) is 5.47. The Hall–Kier alpha value is -2.15. The van der Waals surface area contributed by atoms with Gasteiger partial charge in [-0.05, 0) is 17.5 Å². The van der Waals surface area contributed by atoms with Crippen molar-refractivity contribution < 1.29 is 4.79 Å². The molecule has 0 heterocycles. The SMILES string of the molecule is C=CC[C@]1(C)C(=O)[C@@H](C)[C@H](c2ccccc2)[C@H]1c1ccccc1. The largest absolute Gasteiger partial charge is 0.299 e. The van der Waals surface area contributed by atoms with Crippen LogP contribution in [0.1, 0.15) is 43.2 Å². The fourth-order valence-electron chi connectivity index (χ4n) is 4.44.